The summed E-state index contributed by atoms with van der Waals surface area (Å²) in [4.78, 5) is 0. The van der Waals surface area contributed by atoms with Gasteiger partial charge in [0, 0.05) is 16.1 Å². The lowest BCUT2D eigenvalue weighted by molar-refractivity contribution is 0.121. The number of ether oxygens (including phenoxy) is 1. The SMILES string of the molecule is CCCOCC(N)c1ccc(Br)cc1Cl. The molecule has 0 heterocycles. The fraction of sp³-hybridized carbons (Fsp3) is 0.455. The van der Waals surface area contributed by atoms with E-state index in [0.29, 0.717) is 11.6 Å². The maximum absolute atomic E-state index is 6.07. The minimum Gasteiger partial charge on any atom is -0.379 e. The maximum atomic E-state index is 6.07. The molecule has 0 saturated carbocycles. The number of benzene rings is 1. The van der Waals surface area contributed by atoms with Crippen LogP contribution < -0.4 is 5.73 Å². The molecular weight excluding hydrogens is 277 g/mol. The Hall–Kier alpha value is -0.0900. The molecule has 0 fully saturated rings. The van der Waals surface area contributed by atoms with Crippen molar-refractivity contribution >= 4 is 27.5 Å². The van der Waals surface area contributed by atoms with E-state index >= 15 is 0 Å². The van der Waals surface area contributed by atoms with E-state index in [1.807, 2.05) is 18.2 Å². The van der Waals surface area contributed by atoms with E-state index in [2.05, 4.69) is 22.9 Å². The van der Waals surface area contributed by atoms with Crippen LogP contribution in [0.25, 0.3) is 0 Å². The Morgan fingerprint density at radius 3 is 2.87 bits per heavy atom. The van der Waals surface area contributed by atoms with Gasteiger partial charge in [-0.05, 0) is 24.1 Å². The summed E-state index contributed by atoms with van der Waals surface area (Å²) < 4.78 is 6.35. The van der Waals surface area contributed by atoms with Gasteiger partial charge in [-0.3, -0.25) is 0 Å². The van der Waals surface area contributed by atoms with Crippen molar-refractivity contribution in [3.8, 4) is 0 Å². The van der Waals surface area contributed by atoms with Gasteiger partial charge in [0.05, 0.1) is 12.6 Å². The molecule has 0 amide bonds. The van der Waals surface area contributed by atoms with Crippen LogP contribution in [-0.4, -0.2) is 13.2 Å². The molecule has 84 valence electrons. The van der Waals surface area contributed by atoms with Gasteiger partial charge in [-0.25, -0.2) is 0 Å². The third-order valence-corrected chi connectivity index (χ3v) is 2.83. The summed E-state index contributed by atoms with van der Waals surface area (Å²) in [6.45, 7) is 3.31. The first kappa shape index (κ1) is 13.0. The van der Waals surface area contributed by atoms with E-state index in [1.54, 1.807) is 0 Å². The molecule has 0 aliphatic carbocycles. The van der Waals surface area contributed by atoms with Crippen molar-refractivity contribution in [1.29, 1.82) is 0 Å². The van der Waals surface area contributed by atoms with E-state index in [9.17, 15) is 0 Å². The lowest BCUT2D eigenvalue weighted by atomic mass is 10.1. The number of halogens is 2. The molecule has 0 spiro atoms. The Kier molecular flexibility index (Phi) is 5.61. The van der Waals surface area contributed by atoms with Crippen LogP contribution in [0.1, 0.15) is 24.9 Å². The van der Waals surface area contributed by atoms with Gasteiger partial charge in [-0.15, -0.1) is 0 Å². The van der Waals surface area contributed by atoms with E-state index < -0.39 is 0 Å². The highest BCUT2D eigenvalue weighted by Crippen LogP contribution is 2.25. The Balaban J connectivity index is 2.61. The molecule has 0 aliphatic rings. The summed E-state index contributed by atoms with van der Waals surface area (Å²) >= 11 is 9.42. The van der Waals surface area contributed by atoms with Crippen molar-refractivity contribution < 1.29 is 4.74 Å². The van der Waals surface area contributed by atoms with E-state index in [-0.39, 0.29) is 6.04 Å². The average molecular weight is 293 g/mol. The smallest absolute Gasteiger partial charge is 0.0659 e. The van der Waals surface area contributed by atoms with Gasteiger partial charge < -0.3 is 10.5 Å². The second kappa shape index (κ2) is 6.48. The summed E-state index contributed by atoms with van der Waals surface area (Å²) in [7, 11) is 0. The second-order valence-electron chi connectivity index (χ2n) is 3.35. The Morgan fingerprint density at radius 2 is 2.27 bits per heavy atom. The zero-order chi connectivity index (χ0) is 11.3. The van der Waals surface area contributed by atoms with Crippen LogP contribution in [0.15, 0.2) is 22.7 Å². The van der Waals surface area contributed by atoms with Crippen molar-refractivity contribution in [2.24, 2.45) is 5.73 Å². The van der Waals surface area contributed by atoms with Gasteiger partial charge in [-0.2, -0.15) is 0 Å². The van der Waals surface area contributed by atoms with Crippen LogP contribution in [-0.2, 0) is 4.74 Å². The minimum atomic E-state index is -0.155. The normalized spacial score (nSPS) is 12.8. The third kappa shape index (κ3) is 4.11. The maximum Gasteiger partial charge on any atom is 0.0659 e. The molecule has 2 N–H and O–H groups in total. The molecule has 15 heavy (non-hydrogen) atoms. The summed E-state index contributed by atoms with van der Waals surface area (Å²) in [5, 5.41) is 0.678. The zero-order valence-electron chi connectivity index (χ0n) is 8.67. The van der Waals surface area contributed by atoms with Crippen LogP contribution in [0, 0.1) is 0 Å². The zero-order valence-corrected chi connectivity index (χ0v) is 11.0. The lowest BCUT2D eigenvalue weighted by Gasteiger charge is -2.14. The molecule has 1 atom stereocenters. The first-order valence-corrected chi connectivity index (χ1v) is 6.10. The highest BCUT2D eigenvalue weighted by atomic mass is 79.9. The Bertz CT molecular complexity index is 319. The number of hydrogen-bond donors (Lipinski definition) is 1. The molecule has 0 radical (unpaired) electrons. The van der Waals surface area contributed by atoms with Crippen LogP contribution in [0.3, 0.4) is 0 Å². The second-order valence-corrected chi connectivity index (χ2v) is 4.67. The van der Waals surface area contributed by atoms with Gasteiger partial charge in [-0.1, -0.05) is 40.5 Å². The van der Waals surface area contributed by atoms with Crippen molar-refractivity contribution in [2.45, 2.75) is 19.4 Å². The first-order chi connectivity index (χ1) is 7.15. The molecule has 0 aliphatic heterocycles. The topological polar surface area (TPSA) is 35.2 Å². The predicted molar refractivity (Wildman–Crippen MR) is 67.2 cm³/mol. The molecule has 1 unspecified atom stereocenters. The van der Waals surface area contributed by atoms with Gasteiger partial charge in [0.15, 0.2) is 0 Å². The van der Waals surface area contributed by atoms with Crippen molar-refractivity contribution in [2.75, 3.05) is 13.2 Å². The minimum absolute atomic E-state index is 0.155. The Morgan fingerprint density at radius 1 is 1.53 bits per heavy atom. The summed E-state index contributed by atoms with van der Waals surface area (Å²) in [5.74, 6) is 0. The molecule has 1 aromatic rings. The van der Waals surface area contributed by atoms with Crippen LogP contribution in [0.4, 0.5) is 0 Å². The third-order valence-electron chi connectivity index (χ3n) is 2.01. The van der Waals surface area contributed by atoms with E-state index in [0.717, 1.165) is 23.1 Å². The quantitative estimate of drug-likeness (QED) is 0.843. The molecule has 2 nitrogen and oxygen atoms in total. The molecule has 4 heteroatoms. The molecule has 0 aromatic heterocycles. The number of nitrogens with two attached hydrogens (primary N) is 1. The average Bonchev–Trinajstić information content (AvgIpc) is 2.17. The van der Waals surface area contributed by atoms with Gasteiger partial charge in [0.25, 0.3) is 0 Å². The van der Waals surface area contributed by atoms with Crippen LogP contribution >= 0.6 is 27.5 Å². The summed E-state index contributed by atoms with van der Waals surface area (Å²) in [6, 6.07) is 5.54. The lowest BCUT2D eigenvalue weighted by Crippen LogP contribution is -2.17. The number of hydrogen-bond acceptors (Lipinski definition) is 2. The van der Waals surface area contributed by atoms with Crippen molar-refractivity contribution in [3.63, 3.8) is 0 Å². The van der Waals surface area contributed by atoms with E-state index in [4.69, 9.17) is 22.1 Å². The molecule has 0 bridgehead atoms. The van der Waals surface area contributed by atoms with Crippen molar-refractivity contribution in [1.82, 2.24) is 0 Å². The van der Waals surface area contributed by atoms with Crippen molar-refractivity contribution in [3.05, 3.63) is 33.3 Å². The largest absolute Gasteiger partial charge is 0.379 e. The van der Waals surface area contributed by atoms with E-state index in [1.165, 1.54) is 0 Å². The highest BCUT2D eigenvalue weighted by molar-refractivity contribution is 9.10. The number of rotatable bonds is 5. The standard InChI is InChI=1S/C11H15BrClNO/c1-2-5-15-7-11(14)9-4-3-8(12)6-10(9)13/h3-4,6,11H,2,5,7,14H2,1H3. The highest BCUT2D eigenvalue weighted by Gasteiger charge is 2.10. The summed E-state index contributed by atoms with van der Waals surface area (Å²) in [6.07, 6.45) is 1.00. The molecule has 1 aromatic carbocycles. The summed E-state index contributed by atoms with van der Waals surface area (Å²) in [5.41, 5.74) is 6.89. The van der Waals surface area contributed by atoms with Gasteiger partial charge >= 0.3 is 0 Å². The first-order valence-electron chi connectivity index (χ1n) is 4.93. The Labute approximate surface area is 104 Å². The fourth-order valence-electron chi connectivity index (χ4n) is 1.25. The van der Waals surface area contributed by atoms with Gasteiger partial charge in [0.1, 0.15) is 0 Å². The molecule has 1 rings (SSSR count). The molecule has 0 saturated heterocycles. The molecular formula is C11H15BrClNO. The predicted octanol–water partition coefficient (Wildman–Crippen LogP) is 3.53. The van der Waals surface area contributed by atoms with Crippen LogP contribution in [0.5, 0.6) is 0 Å². The monoisotopic (exact) mass is 291 g/mol. The fourth-order valence-corrected chi connectivity index (χ4v) is 2.06. The van der Waals surface area contributed by atoms with Gasteiger partial charge in [0.2, 0.25) is 0 Å². The van der Waals surface area contributed by atoms with Crippen LogP contribution in [0.2, 0.25) is 5.02 Å².